The molecule has 1 amide bonds. The minimum Gasteiger partial charge on any atom is -0.369 e. The molecule has 1 aromatic rings. The lowest BCUT2D eigenvalue weighted by Crippen LogP contribution is -2.41. The van der Waals surface area contributed by atoms with E-state index in [9.17, 15) is 4.79 Å². The Labute approximate surface area is 116 Å². The van der Waals surface area contributed by atoms with Crippen LogP contribution in [0.3, 0.4) is 0 Å². The number of ether oxygens (including phenoxy) is 1. The van der Waals surface area contributed by atoms with Crippen LogP contribution in [0.5, 0.6) is 0 Å². The van der Waals surface area contributed by atoms with E-state index in [1.807, 2.05) is 32.0 Å². The SMILES string of the molecule is CCC(C)c1ccccc1NC(=O)C(C)(CC)OC. The predicted octanol–water partition coefficient (Wildman–Crippen LogP) is 3.95. The lowest BCUT2D eigenvalue weighted by molar-refractivity contribution is -0.136. The first kappa shape index (κ1) is 15.7. The van der Waals surface area contributed by atoms with Crippen molar-refractivity contribution >= 4 is 11.6 Å². The number of rotatable bonds is 6. The molecular weight excluding hydrogens is 238 g/mol. The number of amides is 1. The van der Waals surface area contributed by atoms with Crippen LogP contribution in [-0.4, -0.2) is 18.6 Å². The van der Waals surface area contributed by atoms with Crippen molar-refractivity contribution < 1.29 is 9.53 Å². The summed E-state index contributed by atoms with van der Waals surface area (Å²) in [6.45, 7) is 8.08. The largest absolute Gasteiger partial charge is 0.369 e. The Morgan fingerprint density at radius 3 is 2.53 bits per heavy atom. The molecule has 0 aliphatic carbocycles. The molecule has 106 valence electrons. The zero-order valence-electron chi connectivity index (χ0n) is 12.6. The van der Waals surface area contributed by atoms with Crippen molar-refractivity contribution in [2.24, 2.45) is 0 Å². The van der Waals surface area contributed by atoms with Crippen LogP contribution >= 0.6 is 0 Å². The summed E-state index contributed by atoms with van der Waals surface area (Å²) < 4.78 is 5.34. The number of methoxy groups -OCH3 is 1. The Balaban J connectivity index is 2.97. The quantitative estimate of drug-likeness (QED) is 0.843. The standard InChI is InChI=1S/C16H25NO2/c1-6-12(3)13-10-8-9-11-14(13)17-15(18)16(4,7-2)19-5/h8-12H,6-7H2,1-5H3,(H,17,18). The van der Waals surface area contributed by atoms with Gasteiger partial charge in [0.25, 0.3) is 5.91 Å². The average molecular weight is 263 g/mol. The van der Waals surface area contributed by atoms with Gasteiger partial charge in [0.2, 0.25) is 0 Å². The summed E-state index contributed by atoms with van der Waals surface area (Å²) in [5.74, 6) is 0.334. The van der Waals surface area contributed by atoms with Crippen LogP contribution in [0.25, 0.3) is 0 Å². The van der Waals surface area contributed by atoms with E-state index in [1.165, 1.54) is 5.56 Å². The Hall–Kier alpha value is -1.35. The molecule has 0 aromatic heterocycles. The maximum absolute atomic E-state index is 12.3. The molecule has 0 fully saturated rings. The third-order valence-electron chi connectivity index (χ3n) is 3.96. The van der Waals surface area contributed by atoms with Gasteiger partial charge < -0.3 is 10.1 Å². The van der Waals surface area contributed by atoms with Gasteiger partial charge >= 0.3 is 0 Å². The number of para-hydroxylation sites is 1. The molecule has 0 heterocycles. The van der Waals surface area contributed by atoms with E-state index < -0.39 is 5.60 Å². The fourth-order valence-corrected chi connectivity index (χ4v) is 1.91. The molecule has 1 N–H and O–H groups in total. The number of anilines is 1. The van der Waals surface area contributed by atoms with Crippen molar-refractivity contribution in [3.8, 4) is 0 Å². The second kappa shape index (κ2) is 6.71. The Bertz CT molecular complexity index is 425. The fourth-order valence-electron chi connectivity index (χ4n) is 1.91. The molecule has 3 nitrogen and oxygen atoms in total. The van der Waals surface area contributed by atoms with Crippen molar-refractivity contribution in [2.75, 3.05) is 12.4 Å². The fraction of sp³-hybridized carbons (Fsp3) is 0.562. The lowest BCUT2D eigenvalue weighted by Gasteiger charge is -2.26. The van der Waals surface area contributed by atoms with Crippen LogP contribution in [0, 0.1) is 0 Å². The molecule has 0 bridgehead atoms. The van der Waals surface area contributed by atoms with Gasteiger partial charge in [0.05, 0.1) is 0 Å². The summed E-state index contributed by atoms with van der Waals surface area (Å²) in [5, 5.41) is 3.00. The first-order valence-electron chi connectivity index (χ1n) is 6.94. The summed E-state index contributed by atoms with van der Waals surface area (Å²) in [5.41, 5.74) is 1.29. The van der Waals surface area contributed by atoms with Gasteiger partial charge in [-0.05, 0) is 37.3 Å². The molecule has 1 rings (SSSR count). The molecule has 0 aliphatic rings. The Morgan fingerprint density at radius 2 is 2.00 bits per heavy atom. The average Bonchev–Trinajstić information content (AvgIpc) is 2.46. The van der Waals surface area contributed by atoms with Crippen molar-refractivity contribution in [1.82, 2.24) is 0 Å². The molecule has 0 saturated carbocycles. The van der Waals surface area contributed by atoms with Crippen molar-refractivity contribution in [3.63, 3.8) is 0 Å². The van der Waals surface area contributed by atoms with Crippen LogP contribution in [0.1, 0.15) is 52.0 Å². The van der Waals surface area contributed by atoms with E-state index in [0.717, 1.165) is 12.1 Å². The predicted molar refractivity (Wildman–Crippen MR) is 79.5 cm³/mol. The second-order valence-corrected chi connectivity index (χ2v) is 5.14. The van der Waals surface area contributed by atoms with Gasteiger partial charge in [-0.15, -0.1) is 0 Å². The highest BCUT2D eigenvalue weighted by atomic mass is 16.5. The maximum atomic E-state index is 12.3. The van der Waals surface area contributed by atoms with Gasteiger partial charge in [-0.3, -0.25) is 4.79 Å². The normalized spacial score (nSPS) is 15.6. The number of benzene rings is 1. The van der Waals surface area contributed by atoms with E-state index >= 15 is 0 Å². The molecule has 0 saturated heterocycles. The molecule has 0 spiro atoms. The molecular formula is C16H25NO2. The van der Waals surface area contributed by atoms with Gasteiger partial charge in [0.15, 0.2) is 0 Å². The molecule has 2 unspecified atom stereocenters. The zero-order valence-corrected chi connectivity index (χ0v) is 12.6. The number of hydrogen-bond acceptors (Lipinski definition) is 2. The van der Waals surface area contributed by atoms with E-state index in [-0.39, 0.29) is 5.91 Å². The summed E-state index contributed by atoms with van der Waals surface area (Å²) in [6, 6.07) is 7.97. The highest BCUT2D eigenvalue weighted by Gasteiger charge is 2.31. The van der Waals surface area contributed by atoms with E-state index in [4.69, 9.17) is 4.74 Å². The minimum atomic E-state index is -0.775. The second-order valence-electron chi connectivity index (χ2n) is 5.14. The van der Waals surface area contributed by atoms with Gasteiger partial charge in [-0.2, -0.15) is 0 Å². The third-order valence-corrected chi connectivity index (χ3v) is 3.96. The van der Waals surface area contributed by atoms with Crippen LogP contribution in [0.4, 0.5) is 5.69 Å². The molecule has 0 radical (unpaired) electrons. The first-order chi connectivity index (χ1) is 8.98. The van der Waals surface area contributed by atoms with Gasteiger partial charge in [0.1, 0.15) is 5.60 Å². The van der Waals surface area contributed by atoms with Crippen molar-refractivity contribution in [1.29, 1.82) is 0 Å². The maximum Gasteiger partial charge on any atom is 0.256 e. The first-order valence-corrected chi connectivity index (χ1v) is 6.94. The molecule has 1 aromatic carbocycles. The van der Waals surface area contributed by atoms with E-state index in [2.05, 4.69) is 25.2 Å². The van der Waals surface area contributed by atoms with Crippen LogP contribution < -0.4 is 5.32 Å². The summed E-state index contributed by atoms with van der Waals surface area (Å²) >= 11 is 0. The molecule has 3 heteroatoms. The zero-order chi connectivity index (χ0) is 14.5. The van der Waals surface area contributed by atoms with Crippen molar-refractivity contribution in [2.45, 2.75) is 52.1 Å². The van der Waals surface area contributed by atoms with Gasteiger partial charge in [-0.25, -0.2) is 0 Å². The molecule has 2 atom stereocenters. The smallest absolute Gasteiger partial charge is 0.256 e. The van der Waals surface area contributed by atoms with E-state index in [0.29, 0.717) is 12.3 Å². The minimum absolute atomic E-state index is 0.0896. The third kappa shape index (κ3) is 3.57. The van der Waals surface area contributed by atoms with Gasteiger partial charge in [0, 0.05) is 12.8 Å². The highest BCUT2D eigenvalue weighted by molar-refractivity contribution is 5.97. The number of carbonyl (C=O) groups is 1. The molecule has 19 heavy (non-hydrogen) atoms. The number of hydrogen-bond donors (Lipinski definition) is 1. The summed E-state index contributed by atoms with van der Waals surface area (Å²) in [7, 11) is 1.57. The van der Waals surface area contributed by atoms with Crippen LogP contribution in [0.2, 0.25) is 0 Å². The highest BCUT2D eigenvalue weighted by Crippen LogP contribution is 2.27. The number of carbonyl (C=O) groups excluding carboxylic acids is 1. The molecule has 0 aliphatic heterocycles. The summed E-state index contributed by atoms with van der Waals surface area (Å²) in [6.07, 6.45) is 1.68. The summed E-state index contributed by atoms with van der Waals surface area (Å²) in [4.78, 5) is 12.3. The van der Waals surface area contributed by atoms with E-state index in [1.54, 1.807) is 7.11 Å². The topological polar surface area (TPSA) is 38.3 Å². The van der Waals surface area contributed by atoms with Crippen molar-refractivity contribution in [3.05, 3.63) is 29.8 Å². The van der Waals surface area contributed by atoms with Crippen LogP contribution in [0.15, 0.2) is 24.3 Å². The lowest BCUT2D eigenvalue weighted by atomic mass is 9.96. The van der Waals surface area contributed by atoms with Gasteiger partial charge in [-0.1, -0.05) is 39.0 Å². The Kier molecular flexibility index (Phi) is 5.55. The Morgan fingerprint density at radius 1 is 1.37 bits per heavy atom. The van der Waals surface area contributed by atoms with Crippen LogP contribution in [-0.2, 0) is 9.53 Å². The number of nitrogens with one attached hydrogen (secondary N) is 1. The monoisotopic (exact) mass is 263 g/mol.